The van der Waals surface area contributed by atoms with Gasteiger partial charge in [0.05, 0.1) is 12.1 Å². The zero-order valence-electron chi connectivity index (χ0n) is 16.7. The van der Waals surface area contributed by atoms with Crippen LogP contribution in [0.1, 0.15) is 52.0 Å². The molecule has 0 aliphatic carbocycles. The number of benzene rings is 1. The van der Waals surface area contributed by atoms with Crippen LogP contribution in [0.5, 0.6) is 11.5 Å². The molecule has 7 nitrogen and oxygen atoms in total. The van der Waals surface area contributed by atoms with Crippen LogP contribution in [0.25, 0.3) is 0 Å². The van der Waals surface area contributed by atoms with Gasteiger partial charge in [0.15, 0.2) is 11.5 Å². The second-order valence-electron chi connectivity index (χ2n) is 8.36. The second kappa shape index (κ2) is 7.94. The van der Waals surface area contributed by atoms with E-state index in [0.717, 1.165) is 55.8 Å². The van der Waals surface area contributed by atoms with Crippen LogP contribution in [0.2, 0.25) is 0 Å². The molecule has 0 saturated carbocycles. The molecule has 27 heavy (non-hydrogen) atoms. The van der Waals surface area contributed by atoms with Crippen LogP contribution in [-0.4, -0.2) is 52.8 Å². The minimum Gasteiger partial charge on any atom is -0.486 e. The number of nitrogens with one attached hydrogen (secondary N) is 1. The summed E-state index contributed by atoms with van der Waals surface area (Å²) in [6.45, 7) is 9.11. The molecule has 0 radical (unpaired) electrons. The van der Waals surface area contributed by atoms with Gasteiger partial charge in [0.2, 0.25) is 0 Å². The number of ether oxygens (including phenoxy) is 2. The van der Waals surface area contributed by atoms with Crippen LogP contribution >= 0.6 is 0 Å². The maximum Gasteiger partial charge on any atom is 0.454 e. The van der Waals surface area contributed by atoms with Gasteiger partial charge in [0.25, 0.3) is 0 Å². The highest BCUT2D eigenvalue weighted by Crippen LogP contribution is 2.31. The van der Waals surface area contributed by atoms with Crippen LogP contribution in [0, 0.1) is 0 Å². The molecule has 1 amide bonds. The zero-order valence-corrected chi connectivity index (χ0v) is 16.7. The molecule has 2 aliphatic rings. The molecule has 0 atom stereocenters. The Bertz CT molecular complexity index is 664. The Balaban J connectivity index is 1.84. The van der Waals surface area contributed by atoms with E-state index < -0.39 is 11.6 Å². The Labute approximate surface area is 161 Å². The fourth-order valence-corrected chi connectivity index (χ4v) is 4.10. The third kappa shape index (κ3) is 4.47. The van der Waals surface area contributed by atoms with Gasteiger partial charge in [-0.3, -0.25) is 0 Å². The molecular formula is C20H32N3O4+. The summed E-state index contributed by atoms with van der Waals surface area (Å²) in [5.41, 5.74) is 4.12. The Morgan fingerprint density at radius 1 is 1.11 bits per heavy atom. The minimum absolute atomic E-state index is 0.271. The summed E-state index contributed by atoms with van der Waals surface area (Å²) in [6, 6.07) is 5.92. The largest absolute Gasteiger partial charge is 0.486 e. The molecule has 0 aromatic heterocycles. The third-order valence-corrected chi connectivity index (χ3v) is 5.19. The number of nitrogens with zero attached hydrogens (tertiary/aromatic N) is 2. The number of carboxylic acid groups (broad SMARTS) is 1. The number of hydrogen-bond acceptors (Lipinski definition) is 4. The lowest BCUT2D eigenvalue weighted by Gasteiger charge is -2.48. The highest BCUT2D eigenvalue weighted by Gasteiger charge is 2.46. The first kappa shape index (κ1) is 19.8. The monoisotopic (exact) mass is 378 g/mol. The lowest BCUT2D eigenvalue weighted by molar-refractivity contribution is -1.07. The number of carbonyl (C=O) groups is 1. The third-order valence-electron chi connectivity index (χ3n) is 5.19. The van der Waals surface area contributed by atoms with E-state index in [1.165, 1.54) is 0 Å². The predicted molar refractivity (Wildman–Crippen MR) is 102 cm³/mol. The number of fused-ring (bicyclic) bond motifs is 1. The standard InChI is InChI=1S/C20H31N3O4/c1-20(2,3)22(19(24)25)23(10-6-4-5-7-11-23)21-15-16-8-9-17-18(14-16)27-13-12-26-17/h8-9,14,21H,4-7,10-13,15H2,1-3H3/p+1. The van der Waals surface area contributed by atoms with Crippen molar-refractivity contribution < 1.29 is 24.1 Å². The van der Waals surface area contributed by atoms with Crippen molar-refractivity contribution >= 4 is 6.09 Å². The molecule has 3 rings (SSSR count). The van der Waals surface area contributed by atoms with Gasteiger partial charge < -0.3 is 14.6 Å². The molecule has 1 aromatic rings. The number of rotatable bonds is 4. The molecule has 1 aromatic carbocycles. The van der Waals surface area contributed by atoms with Crippen molar-refractivity contribution in [2.24, 2.45) is 0 Å². The number of quaternary nitrogens is 1. The summed E-state index contributed by atoms with van der Waals surface area (Å²) < 4.78 is 11.5. The van der Waals surface area contributed by atoms with Gasteiger partial charge in [-0.1, -0.05) is 6.07 Å². The van der Waals surface area contributed by atoms with E-state index in [1.54, 1.807) is 5.01 Å². The van der Waals surface area contributed by atoms with E-state index in [4.69, 9.17) is 9.47 Å². The van der Waals surface area contributed by atoms with Crippen molar-refractivity contribution in [3.63, 3.8) is 0 Å². The molecule has 0 bridgehead atoms. The van der Waals surface area contributed by atoms with Crippen LogP contribution < -0.4 is 14.9 Å². The number of amides is 1. The minimum atomic E-state index is -0.890. The van der Waals surface area contributed by atoms with Gasteiger partial charge in [0, 0.05) is 12.8 Å². The summed E-state index contributed by atoms with van der Waals surface area (Å²) in [5.74, 6) is 1.53. The predicted octanol–water partition coefficient (Wildman–Crippen LogP) is 3.55. The fraction of sp³-hybridized carbons (Fsp3) is 0.650. The summed E-state index contributed by atoms with van der Waals surface area (Å²) >= 11 is 0. The summed E-state index contributed by atoms with van der Waals surface area (Å²) in [5, 5.41) is 11.6. The average molecular weight is 378 g/mol. The zero-order chi connectivity index (χ0) is 19.5. The van der Waals surface area contributed by atoms with E-state index in [0.29, 0.717) is 19.8 Å². The van der Waals surface area contributed by atoms with Crippen LogP contribution in [0.3, 0.4) is 0 Å². The first-order chi connectivity index (χ1) is 12.8. The van der Waals surface area contributed by atoms with Crippen molar-refractivity contribution in [3.8, 4) is 11.5 Å². The summed E-state index contributed by atoms with van der Waals surface area (Å²) in [6.07, 6.45) is 3.41. The van der Waals surface area contributed by atoms with E-state index in [-0.39, 0.29) is 4.70 Å². The maximum absolute atomic E-state index is 12.2. The van der Waals surface area contributed by atoms with Crippen molar-refractivity contribution in [2.45, 2.75) is 58.5 Å². The molecule has 1 fully saturated rings. The van der Waals surface area contributed by atoms with E-state index in [1.807, 2.05) is 39.0 Å². The summed E-state index contributed by atoms with van der Waals surface area (Å²) in [7, 11) is 0. The van der Waals surface area contributed by atoms with E-state index in [2.05, 4.69) is 5.43 Å². The average Bonchev–Trinajstić information content (AvgIpc) is 2.84. The molecular weight excluding hydrogens is 346 g/mol. The Morgan fingerprint density at radius 2 is 1.74 bits per heavy atom. The van der Waals surface area contributed by atoms with E-state index >= 15 is 0 Å². The lowest BCUT2D eigenvalue weighted by Crippen LogP contribution is -2.73. The van der Waals surface area contributed by atoms with Gasteiger partial charge in [-0.2, -0.15) is 0 Å². The van der Waals surface area contributed by atoms with Gasteiger partial charge in [-0.05, 0) is 51.3 Å². The molecule has 2 N–H and O–H groups in total. The highest BCUT2D eigenvalue weighted by molar-refractivity contribution is 5.64. The Kier molecular flexibility index (Phi) is 5.81. The van der Waals surface area contributed by atoms with Crippen molar-refractivity contribution in [2.75, 3.05) is 26.3 Å². The van der Waals surface area contributed by atoms with Crippen molar-refractivity contribution in [1.29, 1.82) is 0 Å². The quantitative estimate of drug-likeness (QED) is 0.784. The van der Waals surface area contributed by atoms with Crippen LogP contribution in [0.15, 0.2) is 18.2 Å². The van der Waals surface area contributed by atoms with Gasteiger partial charge >= 0.3 is 6.09 Å². The van der Waals surface area contributed by atoms with Gasteiger partial charge in [-0.25, -0.2) is 4.79 Å². The van der Waals surface area contributed by atoms with Gasteiger partial charge in [0.1, 0.15) is 26.3 Å². The first-order valence-corrected chi connectivity index (χ1v) is 9.86. The molecule has 2 aliphatic heterocycles. The molecule has 150 valence electrons. The number of hydrogen-bond donors (Lipinski definition) is 2. The van der Waals surface area contributed by atoms with Crippen molar-refractivity contribution in [1.82, 2.24) is 10.4 Å². The van der Waals surface area contributed by atoms with Crippen molar-refractivity contribution in [3.05, 3.63) is 23.8 Å². The van der Waals surface area contributed by atoms with Crippen LogP contribution in [-0.2, 0) is 6.54 Å². The molecule has 7 heteroatoms. The Hall–Kier alpha value is -1.99. The molecule has 0 spiro atoms. The fourth-order valence-electron chi connectivity index (χ4n) is 4.10. The Morgan fingerprint density at radius 3 is 2.33 bits per heavy atom. The lowest BCUT2D eigenvalue weighted by atomic mass is 10.1. The molecule has 0 unspecified atom stereocenters. The smallest absolute Gasteiger partial charge is 0.454 e. The van der Waals surface area contributed by atoms with Gasteiger partial charge in [-0.15, -0.1) is 15.1 Å². The second-order valence-corrected chi connectivity index (χ2v) is 8.36. The normalized spacial score (nSPS) is 19.2. The molecule has 2 heterocycles. The highest BCUT2D eigenvalue weighted by atomic mass is 16.6. The van der Waals surface area contributed by atoms with Crippen LogP contribution in [0.4, 0.5) is 4.79 Å². The topological polar surface area (TPSA) is 71.0 Å². The first-order valence-electron chi connectivity index (χ1n) is 9.86. The summed E-state index contributed by atoms with van der Waals surface area (Å²) in [4.78, 5) is 12.2. The SMILES string of the molecule is CC(C)(C)N(C(=O)O)[N+]1(NCc2ccc3c(c2)OCCO3)CCCCCC1. The van der Waals surface area contributed by atoms with E-state index in [9.17, 15) is 9.90 Å². The molecule has 1 saturated heterocycles. The maximum atomic E-state index is 12.2.